The molecule has 0 radical (unpaired) electrons. The molecule has 1 amide bonds. The van der Waals surface area contributed by atoms with Crippen LogP contribution in [0.25, 0.3) is 0 Å². The van der Waals surface area contributed by atoms with E-state index >= 15 is 0 Å². The van der Waals surface area contributed by atoms with Gasteiger partial charge in [-0.15, -0.1) is 0 Å². The molecule has 0 aromatic carbocycles. The summed E-state index contributed by atoms with van der Waals surface area (Å²) in [6.45, 7) is 3.05. The summed E-state index contributed by atoms with van der Waals surface area (Å²) < 4.78 is 0. The molecular formula is C16H27NO3. The zero-order valence-electron chi connectivity index (χ0n) is 12.7. The van der Waals surface area contributed by atoms with Crippen molar-refractivity contribution < 1.29 is 14.7 Å². The largest absolute Gasteiger partial charge is 0.481 e. The van der Waals surface area contributed by atoms with Gasteiger partial charge >= 0.3 is 5.97 Å². The SMILES string of the molecule is CC1CC1CN(C)C(=O)CC1(CC(=O)O)CCCCC1. The molecule has 4 nitrogen and oxygen atoms in total. The molecule has 0 aromatic heterocycles. The number of carboxylic acid groups (broad SMARTS) is 1. The van der Waals surface area contributed by atoms with Gasteiger partial charge in [-0.05, 0) is 36.5 Å². The van der Waals surface area contributed by atoms with Crippen LogP contribution < -0.4 is 0 Å². The fourth-order valence-electron chi connectivity index (χ4n) is 3.60. The molecule has 0 heterocycles. The Morgan fingerprint density at radius 3 is 2.30 bits per heavy atom. The van der Waals surface area contributed by atoms with Crippen LogP contribution in [0.1, 0.15) is 58.3 Å². The first kappa shape index (κ1) is 15.3. The molecule has 2 rings (SSSR count). The normalized spacial score (nSPS) is 27.9. The fraction of sp³-hybridized carbons (Fsp3) is 0.875. The highest BCUT2D eigenvalue weighted by Gasteiger charge is 2.39. The Hall–Kier alpha value is -1.06. The van der Waals surface area contributed by atoms with Gasteiger partial charge in [0.2, 0.25) is 5.91 Å². The van der Waals surface area contributed by atoms with Crippen LogP contribution in [0.2, 0.25) is 0 Å². The summed E-state index contributed by atoms with van der Waals surface area (Å²) in [6.07, 6.45) is 6.84. The zero-order chi connectivity index (χ0) is 14.8. The van der Waals surface area contributed by atoms with E-state index in [2.05, 4.69) is 6.92 Å². The molecular weight excluding hydrogens is 254 g/mol. The second-order valence-corrected chi connectivity index (χ2v) is 7.06. The minimum Gasteiger partial charge on any atom is -0.481 e. The maximum absolute atomic E-state index is 12.4. The van der Waals surface area contributed by atoms with E-state index in [0.29, 0.717) is 12.3 Å². The van der Waals surface area contributed by atoms with Crippen molar-refractivity contribution in [3.8, 4) is 0 Å². The van der Waals surface area contributed by atoms with Gasteiger partial charge in [-0.1, -0.05) is 26.2 Å². The van der Waals surface area contributed by atoms with Crippen LogP contribution in [0.5, 0.6) is 0 Å². The summed E-state index contributed by atoms with van der Waals surface area (Å²) >= 11 is 0. The highest BCUT2D eigenvalue weighted by atomic mass is 16.4. The van der Waals surface area contributed by atoms with Gasteiger partial charge in [-0.25, -0.2) is 0 Å². The second-order valence-electron chi connectivity index (χ2n) is 7.06. The smallest absolute Gasteiger partial charge is 0.303 e. The molecule has 4 heteroatoms. The summed E-state index contributed by atoms with van der Waals surface area (Å²) in [5, 5.41) is 9.15. The molecule has 0 aliphatic heterocycles. The van der Waals surface area contributed by atoms with E-state index in [0.717, 1.165) is 38.1 Å². The summed E-state index contributed by atoms with van der Waals surface area (Å²) in [6, 6.07) is 0. The first-order chi connectivity index (χ1) is 9.42. The van der Waals surface area contributed by atoms with Crippen LogP contribution in [0, 0.1) is 17.3 Å². The standard InChI is InChI=1S/C16H27NO3/c1-12-8-13(12)11-17(2)14(18)9-16(10-15(19)20)6-4-3-5-7-16/h12-13H,3-11H2,1-2H3,(H,19,20). The van der Waals surface area contributed by atoms with Crippen LogP contribution in [0.3, 0.4) is 0 Å². The Kier molecular flexibility index (Phi) is 4.71. The summed E-state index contributed by atoms with van der Waals surface area (Å²) in [7, 11) is 1.87. The van der Waals surface area contributed by atoms with Gasteiger partial charge in [-0.3, -0.25) is 9.59 Å². The lowest BCUT2D eigenvalue weighted by atomic mass is 9.69. The Labute approximate surface area is 121 Å². The fourth-order valence-corrected chi connectivity index (χ4v) is 3.60. The maximum Gasteiger partial charge on any atom is 0.303 e. The summed E-state index contributed by atoms with van der Waals surface area (Å²) in [4.78, 5) is 25.4. The average Bonchev–Trinajstić information content (AvgIpc) is 3.04. The third-order valence-electron chi connectivity index (χ3n) is 5.18. The van der Waals surface area contributed by atoms with Crippen molar-refractivity contribution in [2.45, 2.75) is 58.3 Å². The molecule has 2 saturated carbocycles. The van der Waals surface area contributed by atoms with Crippen molar-refractivity contribution in [3.63, 3.8) is 0 Å². The molecule has 0 bridgehead atoms. The van der Waals surface area contributed by atoms with Gasteiger partial charge in [0.15, 0.2) is 0 Å². The Balaban J connectivity index is 1.92. The molecule has 2 aliphatic carbocycles. The second kappa shape index (κ2) is 6.15. The maximum atomic E-state index is 12.4. The van der Waals surface area contributed by atoms with Gasteiger partial charge in [0.1, 0.15) is 0 Å². The van der Waals surface area contributed by atoms with Crippen molar-refractivity contribution in [2.24, 2.45) is 17.3 Å². The highest BCUT2D eigenvalue weighted by molar-refractivity contribution is 5.78. The van der Waals surface area contributed by atoms with E-state index in [1.54, 1.807) is 0 Å². The quantitative estimate of drug-likeness (QED) is 0.814. The van der Waals surface area contributed by atoms with Crippen molar-refractivity contribution in [3.05, 3.63) is 0 Å². The molecule has 0 aromatic rings. The van der Waals surface area contributed by atoms with E-state index < -0.39 is 5.97 Å². The number of hydrogen-bond donors (Lipinski definition) is 1. The predicted octanol–water partition coefficient (Wildman–Crippen LogP) is 2.92. The Bertz CT molecular complexity index is 374. The van der Waals surface area contributed by atoms with E-state index in [9.17, 15) is 9.59 Å². The number of nitrogens with zero attached hydrogens (tertiary/aromatic N) is 1. The van der Waals surface area contributed by atoms with Crippen LogP contribution in [-0.4, -0.2) is 35.5 Å². The highest BCUT2D eigenvalue weighted by Crippen LogP contribution is 2.43. The molecule has 20 heavy (non-hydrogen) atoms. The van der Waals surface area contributed by atoms with Crippen LogP contribution >= 0.6 is 0 Å². The number of amides is 1. The van der Waals surface area contributed by atoms with Crippen LogP contribution in [-0.2, 0) is 9.59 Å². The molecule has 2 unspecified atom stereocenters. The van der Waals surface area contributed by atoms with Crippen molar-refractivity contribution >= 4 is 11.9 Å². The third-order valence-corrected chi connectivity index (χ3v) is 5.18. The monoisotopic (exact) mass is 281 g/mol. The molecule has 114 valence electrons. The van der Waals surface area contributed by atoms with Gasteiger partial charge in [-0.2, -0.15) is 0 Å². The zero-order valence-corrected chi connectivity index (χ0v) is 12.7. The van der Waals surface area contributed by atoms with E-state index in [1.807, 2.05) is 11.9 Å². The number of rotatable bonds is 6. The van der Waals surface area contributed by atoms with E-state index in [4.69, 9.17) is 5.11 Å². The van der Waals surface area contributed by atoms with Gasteiger partial charge in [0.05, 0.1) is 6.42 Å². The van der Waals surface area contributed by atoms with Gasteiger partial charge < -0.3 is 10.0 Å². The van der Waals surface area contributed by atoms with Gasteiger partial charge in [0.25, 0.3) is 0 Å². The summed E-state index contributed by atoms with van der Waals surface area (Å²) in [5.41, 5.74) is -0.287. The molecule has 2 atom stereocenters. The number of aliphatic carboxylic acids is 1. The molecule has 2 aliphatic rings. The molecule has 1 N–H and O–H groups in total. The Morgan fingerprint density at radius 1 is 1.20 bits per heavy atom. The van der Waals surface area contributed by atoms with E-state index in [-0.39, 0.29) is 17.7 Å². The lowest BCUT2D eigenvalue weighted by molar-refractivity contribution is -0.142. The number of carbonyl (C=O) groups is 2. The topological polar surface area (TPSA) is 57.6 Å². The van der Waals surface area contributed by atoms with Crippen LogP contribution in [0.15, 0.2) is 0 Å². The van der Waals surface area contributed by atoms with Crippen LogP contribution in [0.4, 0.5) is 0 Å². The average molecular weight is 281 g/mol. The van der Waals surface area contributed by atoms with Crippen molar-refractivity contribution in [1.29, 1.82) is 0 Å². The van der Waals surface area contributed by atoms with Gasteiger partial charge in [0, 0.05) is 20.0 Å². The van der Waals surface area contributed by atoms with Crippen molar-refractivity contribution in [2.75, 3.05) is 13.6 Å². The lowest BCUT2D eigenvalue weighted by Gasteiger charge is -2.36. The van der Waals surface area contributed by atoms with Crippen molar-refractivity contribution in [1.82, 2.24) is 4.90 Å². The minimum atomic E-state index is -0.766. The number of hydrogen-bond acceptors (Lipinski definition) is 2. The summed E-state index contributed by atoms with van der Waals surface area (Å²) in [5.74, 6) is 0.768. The molecule has 2 fully saturated rings. The predicted molar refractivity (Wildman–Crippen MR) is 77.3 cm³/mol. The molecule has 0 spiro atoms. The first-order valence-electron chi connectivity index (χ1n) is 7.88. The third kappa shape index (κ3) is 3.97. The molecule has 0 saturated heterocycles. The lowest BCUT2D eigenvalue weighted by Crippen LogP contribution is -2.37. The Morgan fingerprint density at radius 2 is 1.80 bits per heavy atom. The number of carbonyl (C=O) groups excluding carboxylic acids is 1. The first-order valence-corrected chi connectivity index (χ1v) is 7.88. The minimum absolute atomic E-state index is 0.132. The van der Waals surface area contributed by atoms with E-state index in [1.165, 1.54) is 12.8 Å². The number of carboxylic acids is 1.